The molecule has 0 fully saturated rings. The van der Waals surface area contributed by atoms with Crippen LogP contribution in [0.4, 0.5) is 13.2 Å². The van der Waals surface area contributed by atoms with Gasteiger partial charge in [-0.25, -0.2) is 4.79 Å². The van der Waals surface area contributed by atoms with Crippen molar-refractivity contribution in [3.05, 3.63) is 29.6 Å². The van der Waals surface area contributed by atoms with Gasteiger partial charge in [0.2, 0.25) is 5.91 Å². The highest BCUT2D eigenvalue weighted by Gasteiger charge is 2.40. The summed E-state index contributed by atoms with van der Waals surface area (Å²) in [6, 6.07) is 2.63. The van der Waals surface area contributed by atoms with Crippen LogP contribution in [0.25, 0.3) is 0 Å². The van der Waals surface area contributed by atoms with Gasteiger partial charge in [0.25, 0.3) is 0 Å². The Bertz CT molecular complexity index is 942. The second-order valence-corrected chi connectivity index (χ2v) is 8.86. The van der Waals surface area contributed by atoms with Crippen LogP contribution in [0, 0.1) is 0 Å². The number of hydrogen-bond donors (Lipinski definition) is 2. The zero-order chi connectivity index (χ0) is 28.9. The minimum atomic E-state index is -5.21. The van der Waals surface area contributed by atoms with E-state index in [1.807, 2.05) is 25.9 Å². The predicted octanol–water partition coefficient (Wildman–Crippen LogP) is 1.47. The fourth-order valence-corrected chi connectivity index (χ4v) is 3.05. The molecule has 0 spiro atoms. The molecule has 0 radical (unpaired) electrons. The first-order valence-corrected chi connectivity index (χ1v) is 12.1. The fraction of sp³-hybridized carbons (Fsp3) is 0.625. The van der Waals surface area contributed by atoms with Gasteiger partial charge in [0.15, 0.2) is 6.23 Å². The summed E-state index contributed by atoms with van der Waals surface area (Å²) in [6.07, 6.45) is -6.91. The Morgan fingerprint density at radius 1 is 1.11 bits per heavy atom. The van der Waals surface area contributed by atoms with Crippen molar-refractivity contribution >= 4 is 23.8 Å². The number of carbonyl (C=O) groups is 4. The first-order chi connectivity index (χ1) is 17.7. The van der Waals surface area contributed by atoms with Crippen molar-refractivity contribution in [2.24, 2.45) is 0 Å². The number of nitrogens with zero attached hydrogens (tertiary/aromatic N) is 3. The second-order valence-electron chi connectivity index (χ2n) is 8.86. The molecule has 1 aromatic rings. The van der Waals surface area contributed by atoms with Crippen molar-refractivity contribution in [3.63, 3.8) is 0 Å². The number of alkyl halides is 3. The van der Waals surface area contributed by atoms with E-state index in [-0.39, 0.29) is 24.6 Å². The molecule has 11 nitrogen and oxygen atoms in total. The number of carbonyl (C=O) groups excluding carboxylic acids is 4. The number of halogens is 3. The van der Waals surface area contributed by atoms with Gasteiger partial charge in [0.05, 0.1) is 30.3 Å². The largest absolute Gasteiger partial charge is 0.471 e. The van der Waals surface area contributed by atoms with Gasteiger partial charge >= 0.3 is 24.0 Å². The molecule has 1 atom stereocenters. The number of pyridine rings is 1. The maximum atomic E-state index is 12.7. The zero-order valence-electron chi connectivity index (χ0n) is 22.3. The third-order valence-electron chi connectivity index (χ3n) is 4.96. The lowest BCUT2D eigenvalue weighted by atomic mass is 10.2. The van der Waals surface area contributed by atoms with Gasteiger partial charge < -0.3 is 29.9 Å². The molecule has 0 bridgehead atoms. The van der Waals surface area contributed by atoms with E-state index in [4.69, 9.17) is 9.47 Å². The van der Waals surface area contributed by atoms with E-state index in [0.717, 1.165) is 0 Å². The Kier molecular flexibility index (Phi) is 13.7. The first kappa shape index (κ1) is 32.8. The van der Waals surface area contributed by atoms with Crippen LogP contribution in [0.2, 0.25) is 0 Å². The molecule has 1 aromatic heterocycles. The molecule has 1 rings (SSSR count). The Morgan fingerprint density at radius 2 is 1.79 bits per heavy atom. The number of esters is 2. The zero-order valence-corrected chi connectivity index (χ0v) is 22.3. The number of nitrogens with one attached hydrogen (secondary N) is 2. The minimum Gasteiger partial charge on any atom is -0.463 e. The van der Waals surface area contributed by atoms with Crippen LogP contribution in [0.3, 0.4) is 0 Å². The monoisotopic (exact) mass is 547 g/mol. The molecule has 0 aliphatic heterocycles. The van der Waals surface area contributed by atoms with E-state index in [2.05, 4.69) is 10.3 Å². The Hall–Kier alpha value is -3.26. The number of hydrogen-bond acceptors (Lipinski definition) is 9. The van der Waals surface area contributed by atoms with Crippen LogP contribution in [-0.4, -0.2) is 97.3 Å². The van der Waals surface area contributed by atoms with Crippen LogP contribution in [0.15, 0.2) is 18.3 Å². The molecule has 2 amide bonds. The molecule has 14 heteroatoms. The van der Waals surface area contributed by atoms with E-state index in [0.29, 0.717) is 25.3 Å². The SMILES string of the molecule is CCN(CCN(C)C)C(=O)CNCc1cc(C(=O)OC(CCC(=O)OC(C)C)NC(=O)C(F)(F)F)ccn1. The molecule has 0 aliphatic rings. The van der Waals surface area contributed by atoms with Crippen molar-refractivity contribution < 1.29 is 41.8 Å². The molecule has 38 heavy (non-hydrogen) atoms. The summed E-state index contributed by atoms with van der Waals surface area (Å²) in [5, 5.41) is 4.52. The van der Waals surface area contributed by atoms with Gasteiger partial charge in [-0.2, -0.15) is 13.2 Å². The van der Waals surface area contributed by atoms with Gasteiger partial charge in [-0.15, -0.1) is 0 Å². The molecular weight excluding hydrogens is 511 g/mol. The van der Waals surface area contributed by atoms with E-state index >= 15 is 0 Å². The van der Waals surface area contributed by atoms with Crippen LogP contribution in [0.1, 0.15) is 49.7 Å². The van der Waals surface area contributed by atoms with Gasteiger partial charge in [0, 0.05) is 38.8 Å². The van der Waals surface area contributed by atoms with Gasteiger partial charge in [-0.05, 0) is 47.0 Å². The summed E-state index contributed by atoms with van der Waals surface area (Å²) in [6.45, 7) is 7.08. The van der Waals surface area contributed by atoms with E-state index in [9.17, 15) is 32.3 Å². The molecule has 1 unspecified atom stereocenters. The number of amides is 2. The van der Waals surface area contributed by atoms with Crippen LogP contribution in [-0.2, 0) is 30.4 Å². The molecule has 0 saturated carbocycles. The van der Waals surface area contributed by atoms with E-state index in [1.165, 1.54) is 18.3 Å². The minimum absolute atomic E-state index is 0.0373. The highest BCUT2D eigenvalue weighted by atomic mass is 19.4. The third-order valence-corrected chi connectivity index (χ3v) is 4.96. The average Bonchev–Trinajstić information content (AvgIpc) is 2.81. The predicted molar refractivity (Wildman–Crippen MR) is 131 cm³/mol. The summed E-state index contributed by atoms with van der Waals surface area (Å²) in [7, 11) is 3.82. The fourth-order valence-electron chi connectivity index (χ4n) is 3.05. The van der Waals surface area contributed by atoms with Gasteiger partial charge in [-0.1, -0.05) is 0 Å². The smallest absolute Gasteiger partial charge is 0.463 e. The van der Waals surface area contributed by atoms with Crippen molar-refractivity contribution in [1.82, 2.24) is 25.4 Å². The third kappa shape index (κ3) is 12.8. The molecule has 0 saturated heterocycles. The van der Waals surface area contributed by atoms with Gasteiger partial charge in [-0.3, -0.25) is 19.4 Å². The maximum absolute atomic E-state index is 12.7. The van der Waals surface area contributed by atoms with Crippen molar-refractivity contribution in [2.75, 3.05) is 40.3 Å². The molecule has 2 N–H and O–H groups in total. The quantitative estimate of drug-likeness (QED) is 0.248. The standard InChI is InChI=1S/C24H36F3N5O6/c1-6-32(12-11-31(4)5)20(33)15-28-14-18-13-17(9-10-29-18)22(35)38-19(30-23(36)24(25,26)27)7-8-21(34)37-16(2)3/h9-10,13,16,19,28H,6-8,11-12,14-15H2,1-5H3,(H,30,36). The Labute approximate surface area is 220 Å². The summed E-state index contributed by atoms with van der Waals surface area (Å²) < 4.78 is 48.2. The molecule has 0 aliphatic carbocycles. The van der Waals surface area contributed by atoms with Crippen molar-refractivity contribution in [3.8, 4) is 0 Å². The Balaban J connectivity index is 2.78. The topological polar surface area (TPSA) is 130 Å². The maximum Gasteiger partial charge on any atom is 0.471 e. The highest BCUT2D eigenvalue weighted by molar-refractivity contribution is 5.90. The molecular formula is C24H36F3N5O6. The summed E-state index contributed by atoms with van der Waals surface area (Å²) in [4.78, 5) is 56.0. The first-order valence-electron chi connectivity index (χ1n) is 12.1. The Morgan fingerprint density at radius 3 is 2.37 bits per heavy atom. The van der Waals surface area contributed by atoms with Crippen molar-refractivity contribution in [1.29, 1.82) is 0 Å². The second kappa shape index (κ2) is 15.9. The number of likely N-dealkylation sites (N-methyl/N-ethyl adjacent to an activating group) is 2. The summed E-state index contributed by atoms with van der Waals surface area (Å²) >= 11 is 0. The molecule has 214 valence electrons. The lowest BCUT2D eigenvalue weighted by Gasteiger charge is -2.23. The van der Waals surface area contributed by atoms with E-state index in [1.54, 1.807) is 24.1 Å². The average molecular weight is 548 g/mol. The number of rotatable bonds is 15. The number of aromatic nitrogens is 1. The number of ether oxygens (including phenoxy) is 2. The van der Waals surface area contributed by atoms with Crippen LogP contribution in [0.5, 0.6) is 0 Å². The molecule has 0 aromatic carbocycles. The molecule has 1 heterocycles. The van der Waals surface area contributed by atoms with Crippen molar-refractivity contribution in [2.45, 2.75) is 58.7 Å². The van der Waals surface area contributed by atoms with Crippen LogP contribution >= 0.6 is 0 Å². The lowest BCUT2D eigenvalue weighted by molar-refractivity contribution is -0.177. The summed E-state index contributed by atoms with van der Waals surface area (Å²) in [5.74, 6) is -4.18. The highest BCUT2D eigenvalue weighted by Crippen LogP contribution is 2.16. The lowest BCUT2D eigenvalue weighted by Crippen LogP contribution is -2.45. The van der Waals surface area contributed by atoms with E-state index < -0.39 is 49.2 Å². The van der Waals surface area contributed by atoms with Gasteiger partial charge in [0.1, 0.15) is 0 Å². The normalized spacial score (nSPS) is 12.3. The summed E-state index contributed by atoms with van der Waals surface area (Å²) in [5.41, 5.74) is 0.334. The van der Waals surface area contributed by atoms with Crippen LogP contribution < -0.4 is 10.6 Å².